The van der Waals surface area contributed by atoms with E-state index in [1.54, 1.807) is 24.3 Å². The molecule has 0 saturated heterocycles. The molecule has 8 nitrogen and oxygen atoms in total. The lowest BCUT2D eigenvalue weighted by molar-refractivity contribution is -0.140. The normalized spacial score (nSPS) is 12.0. The summed E-state index contributed by atoms with van der Waals surface area (Å²) in [5, 5.41) is 2.99. The third-order valence-corrected chi connectivity index (χ3v) is 9.46. The fraction of sp³-hybridized carbons (Fsp3) is 0.297. The van der Waals surface area contributed by atoms with Crippen molar-refractivity contribution in [3.05, 3.63) is 126 Å². The van der Waals surface area contributed by atoms with E-state index in [1.807, 2.05) is 82.3 Å². The van der Waals surface area contributed by atoms with Gasteiger partial charge in [0.05, 0.1) is 17.2 Å². The molecule has 0 aliphatic carbocycles. The lowest BCUT2D eigenvalue weighted by Gasteiger charge is -2.34. The Balaban J connectivity index is 1.80. The highest BCUT2D eigenvalue weighted by atomic mass is 32.2. The van der Waals surface area contributed by atoms with Crippen LogP contribution in [0, 0.1) is 18.7 Å². The van der Waals surface area contributed by atoms with Gasteiger partial charge in [-0.05, 0) is 85.0 Å². The van der Waals surface area contributed by atoms with E-state index < -0.39 is 34.3 Å². The molecule has 0 fully saturated rings. The van der Waals surface area contributed by atoms with E-state index in [4.69, 9.17) is 4.74 Å². The first kappa shape index (κ1) is 35.2. The number of rotatable bonds is 15. The molecule has 47 heavy (non-hydrogen) atoms. The molecule has 0 spiro atoms. The average molecular weight is 660 g/mol. The monoisotopic (exact) mass is 659 g/mol. The van der Waals surface area contributed by atoms with Crippen molar-refractivity contribution >= 4 is 27.5 Å². The minimum absolute atomic E-state index is 0.0752. The van der Waals surface area contributed by atoms with Crippen molar-refractivity contribution in [2.45, 2.75) is 51.6 Å². The van der Waals surface area contributed by atoms with Gasteiger partial charge in [-0.2, -0.15) is 0 Å². The van der Waals surface area contributed by atoms with Crippen molar-refractivity contribution in [3.8, 4) is 5.75 Å². The topological polar surface area (TPSA) is 96.0 Å². The van der Waals surface area contributed by atoms with Gasteiger partial charge in [0.25, 0.3) is 10.0 Å². The van der Waals surface area contributed by atoms with Crippen molar-refractivity contribution in [1.29, 1.82) is 0 Å². The largest absolute Gasteiger partial charge is 0.494 e. The van der Waals surface area contributed by atoms with Gasteiger partial charge in [0.15, 0.2) is 0 Å². The molecule has 0 bridgehead atoms. The summed E-state index contributed by atoms with van der Waals surface area (Å²) < 4.78 is 48.6. The zero-order valence-corrected chi connectivity index (χ0v) is 28.0. The van der Waals surface area contributed by atoms with E-state index in [0.717, 1.165) is 33.1 Å². The number of benzene rings is 4. The zero-order chi connectivity index (χ0) is 34.0. The summed E-state index contributed by atoms with van der Waals surface area (Å²) in [4.78, 5) is 29.8. The molecule has 0 saturated carbocycles. The molecule has 0 aliphatic rings. The highest BCUT2D eigenvalue weighted by molar-refractivity contribution is 7.92. The summed E-state index contributed by atoms with van der Waals surface area (Å²) in [6.07, 6.45) is 0.218. The predicted octanol–water partition coefficient (Wildman–Crippen LogP) is 6.14. The number of sulfonamides is 1. The van der Waals surface area contributed by atoms with E-state index in [-0.39, 0.29) is 35.4 Å². The van der Waals surface area contributed by atoms with Crippen LogP contribution in [0.3, 0.4) is 0 Å². The summed E-state index contributed by atoms with van der Waals surface area (Å²) in [5.74, 6) is -0.791. The van der Waals surface area contributed by atoms with Gasteiger partial charge in [0, 0.05) is 19.5 Å². The van der Waals surface area contributed by atoms with Crippen LogP contribution >= 0.6 is 0 Å². The standard InChI is InChI=1S/C37H42FN3O5S/c1-5-46-33-19-17-32(18-20-33)41(47(44,45)34-21-15-31(38)16-22-34)26-36(42)40(25-30-14-10-9-11-28(30)4)35(37(43)39-24-27(2)3)23-29-12-7-6-8-13-29/h6-22,27,35H,5,23-26H2,1-4H3,(H,39,43). The summed E-state index contributed by atoms with van der Waals surface area (Å²) in [7, 11) is -4.35. The molecular formula is C37H42FN3O5S. The molecule has 4 aromatic rings. The minimum atomic E-state index is -4.35. The third kappa shape index (κ3) is 9.42. The van der Waals surface area contributed by atoms with Crippen molar-refractivity contribution in [2.24, 2.45) is 5.92 Å². The number of carbonyl (C=O) groups is 2. The van der Waals surface area contributed by atoms with Crippen molar-refractivity contribution in [1.82, 2.24) is 10.2 Å². The van der Waals surface area contributed by atoms with Gasteiger partial charge in [-0.25, -0.2) is 12.8 Å². The Hall–Kier alpha value is -4.70. The molecule has 0 aliphatic heterocycles. The molecule has 0 radical (unpaired) electrons. The Bertz CT molecular complexity index is 1730. The second kappa shape index (κ2) is 16.2. The van der Waals surface area contributed by atoms with Crippen LogP contribution in [-0.2, 0) is 32.6 Å². The van der Waals surface area contributed by atoms with Crippen LogP contribution in [0.1, 0.15) is 37.5 Å². The van der Waals surface area contributed by atoms with E-state index in [9.17, 15) is 22.4 Å². The lowest BCUT2D eigenvalue weighted by Crippen LogP contribution is -2.53. The second-order valence-electron chi connectivity index (χ2n) is 11.7. The van der Waals surface area contributed by atoms with Crippen molar-refractivity contribution < 1.29 is 27.1 Å². The molecule has 10 heteroatoms. The summed E-state index contributed by atoms with van der Waals surface area (Å²) in [6.45, 7) is 8.03. The summed E-state index contributed by atoms with van der Waals surface area (Å²) in [5.41, 5.74) is 2.81. The SMILES string of the molecule is CCOc1ccc(N(CC(=O)N(Cc2ccccc2C)C(Cc2ccccc2)C(=O)NCC(C)C)S(=O)(=O)c2ccc(F)cc2)cc1. The van der Waals surface area contributed by atoms with Crippen LogP contribution in [0.25, 0.3) is 0 Å². The summed E-state index contributed by atoms with van der Waals surface area (Å²) >= 11 is 0. The van der Waals surface area contributed by atoms with Crippen LogP contribution in [0.4, 0.5) is 10.1 Å². The van der Waals surface area contributed by atoms with Crippen LogP contribution < -0.4 is 14.4 Å². The summed E-state index contributed by atoms with van der Waals surface area (Å²) in [6, 6.07) is 26.8. The second-order valence-corrected chi connectivity index (χ2v) is 13.5. The molecule has 0 aromatic heterocycles. The van der Waals surface area contributed by atoms with Crippen LogP contribution in [0.5, 0.6) is 5.75 Å². The fourth-order valence-corrected chi connectivity index (χ4v) is 6.50. The number of amides is 2. The Morgan fingerprint density at radius 2 is 1.51 bits per heavy atom. The third-order valence-electron chi connectivity index (χ3n) is 7.67. The zero-order valence-electron chi connectivity index (χ0n) is 27.2. The van der Waals surface area contributed by atoms with Gasteiger partial charge in [0.1, 0.15) is 24.2 Å². The molecule has 248 valence electrons. The van der Waals surface area contributed by atoms with Gasteiger partial charge >= 0.3 is 0 Å². The maximum Gasteiger partial charge on any atom is 0.264 e. The van der Waals surface area contributed by atoms with E-state index in [0.29, 0.717) is 18.9 Å². The number of nitrogens with zero attached hydrogens (tertiary/aromatic N) is 2. The first-order chi connectivity index (χ1) is 22.5. The van der Waals surface area contributed by atoms with Gasteiger partial charge in [-0.15, -0.1) is 0 Å². The average Bonchev–Trinajstić information content (AvgIpc) is 3.06. The first-order valence-electron chi connectivity index (χ1n) is 15.7. The van der Waals surface area contributed by atoms with Gasteiger partial charge in [-0.1, -0.05) is 68.4 Å². The Kier molecular flexibility index (Phi) is 12.1. The number of halogens is 1. The van der Waals surface area contributed by atoms with Gasteiger partial charge in [-0.3, -0.25) is 13.9 Å². The number of carbonyl (C=O) groups excluding carboxylic acids is 2. The minimum Gasteiger partial charge on any atom is -0.494 e. The van der Waals surface area contributed by atoms with E-state index >= 15 is 0 Å². The number of nitrogens with one attached hydrogen (secondary N) is 1. The van der Waals surface area contributed by atoms with Crippen molar-refractivity contribution in [3.63, 3.8) is 0 Å². The van der Waals surface area contributed by atoms with Gasteiger partial charge in [0.2, 0.25) is 11.8 Å². The molecular weight excluding hydrogens is 617 g/mol. The molecule has 4 aromatic carbocycles. The van der Waals surface area contributed by atoms with E-state index in [1.165, 1.54) is 17.0 Å². The maximum atomic E-state index is 14.6. The maximum absolute atomic E-state index is 14.6. The lowest BCUT2D eigenvalue weighted by atomic mass is 10.0. The number of anilines is 1. The first-order valence-corrected chi connectivity index (χ1v) is 17.1. The van der Waals surface area contributed by atoms with Crippen LogP contribution in [-0.4, -0.2) is 50.9 Å². The molecule has 4 rings (SSSR count). The molecule has 0 heterocycles. The van der Waals surface area contributed by atoms with Crippen LogP contribution in [0.15, 0.2) is 108 Å². The Morgan fingerprint density at radius 1 is 0.872 bits per heavy atom. The molecule has 1 unspecified atom stereocenters. The number of aryl methyl sites for hydroxylation is 1. The molecule has 2 amide bonds. The molecule has 1 N–H and O–H groups in total. The fourth-order valence-electron chi connectivity index (χ4n) is 5.09. The predicted molar refractivity (Wildman–Crippen MR) is 182 cm³/mol. The highest BCUT2D eigenvalue weighted by Crippen LogP contribution is 2.27. The number of hydrogen-bond donors (Lipinski definition) is 1. The van der Waals surface area contributed by atoms with Crippen molar-refractivity contribution in [2.75, 3.05) is 24.0 Å². The van der Waals surface area contributed by atoms with Gasteiger partial charge < -0.3 is 15.0 Å². The number of hydrogen-bond acceptors (Lipinski definition) is 5. The quantitative estimate of drug-likeness (QED) is 0.166. The van der Waals surface area contributed by atoms with Crippen LogP contribution in [0.2, 0.25) is 0 Å². The highest BCUT2D eigenvalue weighted by Gasteiger charge is 2.35. The Morgan fingerprint density at radius 3 is 2.13 bits per heavy atom. The number of ether oxygens (including phenoxy) is 1. The van der Waals surface area contributed by atoms with E-state index in [2.05, 4.69) is 5.32 Å². The smallest absolute Gasteiger partial charge is 0.264 e. The molecule has 1 atom stereocenters. The Labute approximate surface area is 277 Å².